The number of ether oxygens (including phenoxy) is 2. The average Bonchev–Trinajstić information content (AvgIpc) is 2.99. The van der Waals surface area contributed by atoms with Crippen LogP contribution in [0.2, 0.25) is 0 Å². The number of amides is 1. The first kappa shape index (κ1) is 30.3. The van der Waals surface area contributed by atoms with E-state index in [4.69, 9.17) is 14.6 Å². The van der Waals surface area contributed by atoms with Crippen LogP contribution in [-0.2, 0) is 32.2 Å². The number of carboxylic acids is 2. The zero-order valence-electron chi connectivity index (χ0n) is 22.6. The number of rotatable bonds is 12. The van der Waals surface area contributed by atoms with Crippen molar-refractivity contribution in [3.63, 3.8) is 0 Å². The molecule has 0 radical (unpaired) electrons. The highest BCUT2D eigenvalue weighted by molar-refractivity contribution is 7.99. The average molecular weight is 580 g/mol. The molecule has 1 aliphatic heterocycles. The van der Waals surface area contributed by atoms with E-state index in [-0.39, 0.29) is 55.6 Å². The quantitative estimate of drug-likeness (QED) is 0.219. The Bertz CT molecular complexity index is 1330. The summed E-state index contributed by atoms with van der Waals surface area (Å²) >= 11 is 1.59. The molecule has 9 nitrogen and oxygen atoms in total. The normalized spacial score (nSPS) is 20.3. The fraction of sp³-hybridized carbons (Fsp3) is 0.323. The van der Waals surface area contributed by atoms with Crippen molar-refractivity contribution < 1.29 is 39.2 Å². The van der Waals surface area contributed by atoms with Crippen molar-refractivity contribution in [3.05, 3.63) is 101 Å². The molecule has 0 aromatic heterocycles. The molecule has 1 saturated heterocycles. The Kier molecular flexibility index (Phi) is 10.5. The van der Waals surface area contributed by atoms with Crippen LogP contribution in [0.25, 0.3) is 0 Å². The van der Waals surface area contributed by atoms with Gasteiger partial charge in [-0.3, -0.25) is 9.59 Å². The predicted molar refractivity (Wildman–Crippen MR) is 152 cm³/mol. The third-order valence-corrected chi connectivity index (χ3v) is 8.05. The molecule has 41 heavy (non-hydrogen) atoms. The molecule has 3 aromatic rings. The molecule has 0 bridgehead atoms. The minimum Gasteiger partial charge on any atom is -0.481 e. The SMILES string of the molecule is C[C@H]1[C@@H](CSc2ccc(C(=O)O)cc2)O[C@@H](c2ccc(CNC(=O)CCC(=O)O)cc2)O[C@H]1c1ccc(CO)cc1. The molecule has 216 valence electrons. The fourth-order valence-corrected chi connectivity index (χ4v) is 5.55. The number of carbonyl (C=O) groups excluding carboxylic acids is 1. The molecule has 0 spiro atoms. The van der Waals surface area contributed by atoms with Gasteiger partial charge in [0.25, 0.3) is 0 Å². The third-order valence-electron chi connectivity index (χ3n) is 6.95. The van der Waals surface area contributed by atoms with Crippen LogP contribution >= 0.6 is 11.8 Å². The number of hydrogen-bond acceptors (Lipinski definition) is 7. The van der Waals surface area contributed by atoms with E-state index in [1.807, 2.05) is 48.5 Å². The first-order valence-corrected chi connectivity index (χ1v) is 14.3. The van der Waals surface area contributed by atoms with E-state index in [2.05, 4.69) is 12.2 Å². The van der Waals surface area contributed by atoms with Crippen molar-refractivity contribution in [2.75, 3.05) is 5.75 Å². The van der Waals surface area contributed by atoms with E-state index in [0.29, 0.717) is 5.75 Å². The summed E-state index contributed by atoms with van der Waals surface area (Å²) in [6, 6.07) is 22.0. The van der Waals surface area contributed by atoms with Gasteiger partial charge in [0, 0.05) is 35.1 Å². The van der Waals surface area contributed by atoms with Gasteiger partial charge in [0.2, 0.25) is 5.91 Å². The molecule has 1 fully saturated rings. The van der Waals surface area contributed by atoms with Crippen LogP contribution < -0.4 is 5.32 Å². The lowest BCUT2D eigenvalue weighted by Crippen LogP contribution is -2.38. The summed E-state index contributed by atoms with van der Waals surface area (Å²) in [4.78, 5) is 34.7. The largest absolute Gasteiger partial charge is 0.481 e. The number of aliphatic carboxylic acids is 1. The number of aliphatic hydroxyl groups is 1. The molecule has 1 heterocycles. The maximum atomic E-state index is 11.9. The monoisotopic (exact) mass is 579 g/mol. The molecule has 4 N–H and O–H groups in total. The van der Waals surface area contributed by atoms with Gasteiger partial charge in [-0.25, -0.2) is 4.79 Å². The van der Waals surface area contributed by atoms with Crippen LogP contribution in [0.3, 0.4) is 0 Å². The third kappa shape index (κ3) is 8.40. The van der Waals surface area contributed by atoms with Crippen LogP contribution in [-0.4, -0.2) is 45.0 Å². The minimum absolute atomic E-state index is 0.00249. The first-order chi connectivity index (χ1) is 19.7. The van der Waals surface area contributed by atoms with Crippen LogP contribution in [0.4, 0.5) is 0 Å². The lowest BCUT2D eigenvalue weighted by molar-refractivity contribution is -0.268. The lowest BCUT2D eigenvalue weighted by atomic mass is 9.91. The molecule has 4 atom stereocenters. The molecule has 0 aliphatic carbocycles. The maximum absolute atomic E-state index is 11.9. The van der Waals surface area contributed by atoms with Gasteiger partial charge in [-0.15, -0.1) is 11.8 Å². The Morgan fingerprint density at radius 1 is 0.829 bits per heavy atom. The Hall–Kier alpha value is -3.70. The zero-order chi connectivity index (χ0) is 29.4. The highest BCUT2D eigenvalue weighted by atomic mass is 32.2. The number of aliphatic hydroxyl groups excluding tert-OH is 1. The Labute approximate surface area is 242 Å². The van der Waals surface area contributed by atoms with Gasteiger partial charge in [0.15, 0.2) is 6.29 Å². The Morgan fingerprint density at radius 2 is 1.46 bits per heavy atom. The van der Waals surface area contributed by atoms with Gasteiger partial charge in [-0.1, -0.05) is 55.5 Å². The van der Waals surface area contributed by atoms with Crippen molar-refractivity contribution in [2.45, 2.75) is 56.3 Å². The van der Waals surface area contributed by atoms with Crippen molar-refractivity contribution in [3.8, 4) is 0 Å². The summed E-state index contributed by atoms with van der Waals surface area (Å²) < 4.78 is 12.9. The van der Waals surface area contributed by atoms with Crippen LogP contribution in [0.5, 0.6) is 0 Å². The van der Waals surface area contributed by atoms with E-state index in [0.717, 1.165) is 27.1 Å². The molecular formula is C31H33NO8S. The van der Waals surface area contributed by atoms with Gasteiger partial charge < -0.3 is 30.1 Å². The number of aromatic carboxylic acids is 1. The van der Waals surface area contributed by atoms with E-state index < -0.39 is 18.2 Å². The highest BCUT2D eigenvalue weighted by Gasteiger charge is 2.38. The number of carbonyl (C=O) groups is 3. The molecule has 4 rings (SSSR count). The number of hydrogen-bond donors (Lipinski definition) is 4. The van der Waals surface area contributed by atoms with Gasteiger partial charge >= 0.3 is 11.9 Å². The smallest absolute Gasteiger partial charge is 0.335 e. The molecular weight excluding hydrogens is 546 g/mol. The zero-order valence-corrected chi connectivity index (χ0v) is 23.4. The number of thioether (sulfide) groups is 1. The number of benzene rings is 3. The first-order valence-electron chi connectivity index (χ1n) is 13.3. The second-order valence-corrected chi connectivity index (χ2v) is 11.0. The van der Waals surface area contributed by atoms with E-state index in [1.54, 1.807) is 36.0 Å². The second-order valence-electron chi connectivity index (χ2n) is 9.87. The summed E-state index contributed by atoms with van der Waals surface area (Å²) in [5.74, 6) is -1.68. The minimum atomic E-state index is -1.01. The van der Waals surface area contributed by atoms with E-state index in [9.17, 15) is 24.6 Å². The molecule has 1 aliphatic rings. The number of nitrogens with one attached hydrogen (secondary N) is 1. The summed E-state index contributed by atoms with van der Waals surface area (Å²) in [7, 11) is 0. The molecule has 0 saturated carbocycles. The van der Waals surface area contributed by atoms with Crippen LogP contribution in [0, 0.1) is 5.92 Å². The van der Waals surface area contributed by atoms with Crippen molar-refractivity contribution in [1.82, 2.24) is 5.32 Å². The van der Waals surface area contributed by atoms with Crippen molar-refractivity contribution >= 4 is 29.6 Å². The molecule has 3 aromatic carbocycles. The van der Waals surface area contributed by atoms with E-state index >= 15 is 0 Å². The van der Waals surface area contributed by atoms with Crippen molar-refractivity contribution in [1.29, 1.82) is 0 Å². The molecule has 10 heteroatoms. The van der Waals surface area contributed by atoms with Gasteiger partial charge in [-0.05, 0) is 41.0 Å². The fourth-order valence-electron chi connectivity index (χ4n) is 4.48. The lowest BCUT2D eigenvalue weighted by Gasteiger charge is -2.41. The maximum Gasteiger partial charge on any atom is 0.335 e. The summed E-state index contributed by atoms with van der Waals surface area (Å²) in [6.45, 7) is 2.32. The van der Waals surface area contributed by atoms with Crippen LogP contribution in [0.1, 0.15) is 64.8 Å². The second kappa shape index (κ2) is 14.3. The van der Waals surface area contributed by atoms with Crippen LogP contribution in [0.15, 0.2) is 77.7 Å². The standard InChI is InChI=1S/C31H33NO8S/c1-19-26(18-41-25-12-10-23(11-13-25)30(37)38)39-31(40-29(19)22-6-4-21(17-33)5-7-22)24-8-2-20(3-9-24)16-32-27(34)14-15-28(35)36/h2-13,19,26,29,31,33H,14-18H2,1H3,(H,32,34)(H,35,36)(H,37,38)/t19-,26+,29+,31+/m0/s1. The Balaban J connectivity index is 1.47. The predicted octanol–water partition coefficient (Wildman–Crippen LogP) is 4.94. The molecule has 0 unspecified atom stereocenters. The molecule has 1 amide bonds. The number of carboxylic acid groups (broad SMARTS) is 2. The Morgan fingerprint density at radius 3 is 2.07 bits per heavy atom. The topological polar surface area (TPSA) is 142 Å². The van der Waals surface area contributed by atoms with Crippen molar-refractivity contribution in [2.24, 2.45) is 5.92 Å². The summed E-state index contributed by atoms with van der Waals surface area (Å²) in [5, 5.41) is 30.1. The van der Waals surface area contributed by atoms with Gasteiger partial charge in [0.1, 0.15) is 0 Å². The van der Waals surface area contributed by atoms with E-state index in [1.165, 1.54) is 0 Å². The summed E-state index contributed by atoms with van der Waals surface area (Å²) in [6.07, 6.45) is -1.38. The van der Waals surface area contributed by atoms with Gasteiger partial charge in [0.05, 0.1) is 30.8 Å². The summed E-state index contributed by atoms with van der Waals surface area (Å²) in [5.41, 5.74) is 3.70. The highest BCUT2D eigenvalue weighted by Crippen LogP contribution is 2.43. The van der Waals surface area contributed by atoms with Gasteiger partial charge in [-0.2, -0.15) is 0 Å².